The summed E-state index contributed by atoms with van der Waals surface area (Å²) in [4.78, 5) is 26.8. The van der Waals surface area contributed by atoms with Crippen LogP contribution >= 0.6 is 0 Å². The number of ketones is 1. The molecule has 1 amide bonds. The number of carbonyl (C=O) groups is 2. The molecule has 32 heavy (non-hydrogen) atoms. The molecular formula is C25H18F3NO3. The first kappa shape index (κ1) is 21.4. The average Bonchev–Trinajstić information content (AvgIpc) is 3.01. The fourth-order valence-electron chi connectivity index (χ4n) is 3.76. The number of rotatable bonds is 3. The average molecular weight is 437 g/mol. The maximum Gasteiger partial charge on any atom is 0.300 e. The quantitative estimate of drug-likeness (QED) is 0.342. The lowest BCUT2D eigenvalue weighted by atomic mass is 9.94. The molecule has 1 aliphatic rings. The Morgan fingerprint density at radius 1 is 0.844 bits per heavy atom. The Labute approximate surface area is 182 Å². The number of aryl methyl sites for hydroxylation is 2. The highest BCUT2D eigenvalue weighted by atomic mass is 19.1. The normalized spacial score (nSPS) is 17.8. The lowest BCUT2D eigenvalue weighted by molar-refractivity contribution is -0.132. The number of hydrogen-bond donors (Lipinski definition) is 1. The zero-order valence-electron chi connectivity index (χ0n) is 17.2. The molecule has 162 valence electrons. The number of aliphatic hydroxyl groups is 1. The largest absolute Gasteiger partial charge is 0.507 e. The number of halogens is 3. The number of amides is 1. The molecule has 1 aliphatic heterocycles. The molecule has 3 aromatic rings. The molecule has 0 saturated carbocycles. The van der Waals surface area contributed by atoms with Gasteiger partial charge >= 0.3 is 0 Å². The van der Waals surface area contributed by atoms with E-state index in [1.165, 1.54) is 12.1 Å². The molecule has 1 unspecified atom stereocenters. The fraction of sp³-hybridized carbons (Fsp3) is 0.120. The van der Waals surface area contributed by atoms with Gasteiger partial charge in [-0.1, -0.05) is 24.3 Å². The number of Topliss-reactive ketones (excluding diaryl/α,β-unsaturated/α-hetero) is 1. The highest BCUT2D eigenvalue weighted by Crippen LogP contribution is 2.43. The van der Waals surface area contributed by atoms with E-state index in [1.54, 1.807) is 18.2 Å². The molecule has 7 heteroatoms. The minimum absolute atomic E-state index is 0.270. The Morgan fingerprint density at radius 3 is 2.12 bits per heavy atom. The Bertz CT molecular complexity index is 1280. The molecule has 0 spiro atoms. The van der Waals surface area contributed by atoms with Crippen molar-refractivity contribution in [3.8, 4) is 0 Å². The van der Waals surface area contributed by atoms with Gasteiger partial charge in [-0.3, -0.25) is 14.5 Å². The number of nitrogens with zero attached hydrogens (tertiary/aromatic N) is 1. The van der Waals surface area contributed by atoms with Crippen LogP contribution in [0.1, 0.15) is 28.3 Å². The van der Waals surface area contributed by atoms with Crippen LogP contribution in [0, 0.1) is 31.3 Å². The smallest absolute Gasteiger partial charge is 0.300 e. The van der Waals surface area contributed by atoms with E-state index in [9.17, 15) is 27.9 Å². The van der Waals surface area contributed by atoms with Crippen molar-refractivity contribution in [3.05, 3.63) is 106 Å². The van der Waals surface area contributed by atoms with Crippen LogP contribution in [0.4, 0.5) is 18.9 Å². The van der Waals surface area contributed by atoms with Crippen molar-refractivity contribution in [2.24, 2.45) is 0 Å². The molecule has 1 N–H and O–H groups in total. The highest BCUT2D eigenvalue weighted by Gasteiger charge is 2.47. The minimum atomic E-state index is -1.24. The Morgan fingerprint density at radius 2 is 1.50 bits per heavy atom. The Balaban J connectivity index is 1.97. The molecule has 4 nitrogen and oxygen atoms in total. The first-order chi connectivity index (χ1) is 15.2. The van der Waals surface area contributed by atoms with Gasteiger partial charge in [0.25, 0.3) is 11.7 Å². The highest BCUT2D eigenvalue weighted by molar-refractivity contribution is 6.51. The lowest BCUT2D eigenvalue weighted by Gasteiger charge is -2.25. The van der Waals surface area contributed by atoms with Gasteiger partial charge in [0.05, 0.1) is 17.3 Å². The predicted octanol–water partition coefficient (Wildman–Crippen LogP) is 5.35. The summed E-state index contributed by atoms with van der Waals surface area (Å²) >= 11 is 0. The number of anilines is 1. The number of benzene rings is 3. The summed E-state index contributed by atoms with van der Waals surface area (Å²) in [7, 11) is 0. The molecule has 4 rings (SSSR count). The summed E-state index contributed by atoms with van der Waals surface area (Å²) in [6.45, 7) is 3.71. The van der Waals surface area contributed by atoms with Crippen LogP contribution in [0.3, 0.4) is 0 Å². The summed E-state index contributed by atoms with van der Waals surface area (Å²) in [5.74, 6) is -5.01. The van der Waals surface area contributed by atoms with Crippen LogP contribution in [0.15, 0.2) is 66.2 Å². The standard InChI is InChI=1S/C25H18F3NO3/c1-13-3-4-16(11-14(13)2)23(30)21-22(15-5-7-17(26)8-6-15)29(25(32)24(21)31)20-10-9-18(27)12-19(20)28/h3-12,22,30H,1-2H3/b23-21+. The lowest BCUT2D eigenvalue weighted by Crippen LogP contribution is -2.30. The summed E-state index contributed by atoms with van der Waals surface area (Å²) in [6, 6.07) is 11.3. The molecule has 0 aromatic heterocycles. The Hall–Kier alpha value is -3.87. The number of carbonyl (C=O) groups excluding carboxylic acids is 2. The molecule has 1 fully saturated rings. The van der Waals surface area contributed by atoms with Crippen LogP contribution in [0.5, 0.6) is 0 Å². The van der Waals surface area contributed by atoms with E-state index in [0.717, 1.165) is 40.3 Å². The van der Waals surface area contributed by atoms with Crippen molar-refractivity contribution in [1.29, 1.82) is 0 Å². The van der Waals surface area contributed by atoms with E-state index >= 15 is 0 Å². The van der Waals surface area contributed by atoms with E-state index in [4.69, 9.17) is 0 Å². The maximum absolute atomic E-state index is 14.6. The molecule has 0 radical (unpaired) electrons. The van der Waals surface area contributed by atoms with Crippen LogP contribution in [-0.2, 0) is 9.59 Å². The second-order valence-corrected chi connectivity index (χ2v) is 7.62. The summed E-state index contributed by atoms with van der Waals surface area (Å²) in [5.41, 5.74) is 1.80. The van der Waals surface area contributed by atoms with Crippen molar-refractivity contribution >= 4 is 23.1 Å². The Kier molecular flexibility index (Phi) is 5.34. The van der Waals surface area contributed by atoms with Gasteiger partial charge in [0.1, 0.15) is 23.2 Å². The van der Waals surface area contributed by atoms with Crippen LogP contribution < -0.4 is 4.90 Å². The van der Waals surface area contributed by atoms with Crippen molar-refractivity contribution in [2.75, 3.05) is 4.90 Å². The van der Waals surface area contributed by atoms with E-state index in [1.807, 2.05) is 13.8 Å². The summed E-state index contributed by atoms with van der Waals surface area (Å²) in [5, 5.41) is 11.0. The summed E-state index contributed by atoms with van der Waals surface area (Å²) < 4.78 is 41.6. The molecule has 1 atom stereocenters. The van der Waals surface area contributed by atoms with Crippen molar-refractivity contribution < 1.29 is 27.9 Å². The van der Waals surface area contributed by atoms with Crippen molar-refractivity contribution in [1.82, 2.24) is 0 Å². The third-order valence-corrected chi connectivity index (χ3v) is 5.58. The molecule has 0 bridgehead atoms. The van der Waals surface area contributed by atoms with Gasteiger partial charge in [0, 0.05) is 11.6 Å². The SMILES string of the molecule is Cc1ccc(/C(O)=C2\C(=O)C(=O)N(c3ccc(F)cc3F)C2c2ccc(F)cc2)cc1C. The predicted molar refractivity (Wildman–Crippen MR) is 113 cm³/mol. The molecular weight excluding hydrogens is 419 g/mol. The molecule has 1 heterocycles. The number of hydrogen-bond acceptors (Lipinski definition) is 3. The van der Waals surface area contributed by atoms with Gasteiger partial charge in [-0.15, -0.1) is 0 Å². The first-order valence-corrected chi connectivity index (χ1v) is 9.78. The van der Waals surface area contributed by atoms with Crippen LogP contribution in [0.2, 0.25) is 0 Å². The zero-order valence-corrected chi connectivity index (χ0v) is 17.2. The van der Waals surface area contributed by atoms with E-state index in [-0.39, 0.29) is 16.8 Å². The summed E-state index contributed by atoms with van der Waals surface area (Å²) in [6.07, 6.45) is 0. The molecule has 3 aromatic carbocycles. The monoisotopic (exact) mass is 437 g/mol. The maximum atomic E-state index is 14.6. The van der Waals surface area contributed by atoms with E-state index in [2.05, 4.69) is 0 Å². The van der Waals surface area contributed by atoms with Gasteiger partial charge in [0.15, 0.2) is 0 Å². The van der Waals surface area contributed by atoms with Gasteiger partial charge < -0.3 is 5.11 Å². The molecule has 0 aliphatic carbocycles. The van der Waals surface area contributed by atoms with Crippen LogP contribution in [-0.4, -0.2) is 16.8 Å². The van der Waals surface area contributed by atoms with Crippen molar-refractivity contribution in [3.63, 3.8) is 0 Å². The second-order valence-electron chi connectivity index (χ2n) is 7.62. The topological polar surface area (TPSA) is 57.6 Å². The van der Waals surface area contributed by atoms with Gasteiger partial charge in [0.2, 0.25) is 0 Å². The first-order valence-electron chi connectivity index (χ1n) is 9.78. The minimum Gasteiger partial charge on any atom is -0.507 e. The van der Waals surface area contributed by atoms with Gasteiger partial charge in [-0.05, 0) is 60.9 Å². The fourth-order valence-corrected chi connectivity index (χ4v) is 3.76. The second kappa shape index (κ2) is 8.00. The van der Waals surface area contributed by atoms with Crippen LogP contribution in [0.25, 0.3) is 5.76 Å². The van der Waals surface area contributed by atoms with E-state index in [0.29, 0.717) is 11.6 Å². The third kappa shape index (κ3) is 3.56. The molecule has 1 saturated heterocycles. The third-order valence-electron chi connectivity index (χ3n) is 5.58. The zero-order chi connectivity index (χ0) is 23.2. The van der Waals surface area contributed by atoms with Gasteiger partial charge in [-0.2, -0.15) is 0 Å². The van der Waals surface area contributed by atoms with Gasteiger partial charge in [-0.25, -0.2) is 13.2 Å². The number of aliphatic hydroxyl groups excluding tert-OH is 1. The van der Waals surface area contributed by atoms with E-state index < -0.39 is 40.9 Å². The van der Waals surface area contributed by atoms with Crippen molar-refractivity contribution in [2.45, 2.75) is 19.9 Å².